The highest BCUT2D eigenvalue weighted by Gasteiger charge is 2.14. The molecule has 5 heteroatoms. The second-order valence-electron chi connectivity index (χ2n) is 4.42. The molecule has 0 unspecified atom stereocenters. The minimum Gasteiger partial charge on any atom is -0.425 e. The van der Waals surface area contributed by atoms with Crippen molar-refractivity contribution in [2.24, 2.45) is 0 Å². The number of benzene rings is 1. The molecular weight excluding hydrogens is 246 g/mol. The highest BCUT2D eigenvalue weighted by atomic mass is 16.5. The first-order valence-corrected chi connectivity index (χ1v) is 6.29. The van der Waals surface area contributed by atoms with E-state index in [9.17, 15) is 4.79 Å². The standard InChI is InChI=1S/C14H21NO4/c1-11-4-3-5-12(2)14(11)19-13(18)10-15(6-8-16)7-9-17/h3-5,16-17H,6-10H2,1-2H3. The Labute approximate surface area is 113 Å². The number of carbonyl (C=O) groups excluding carboxylic acids is 1. The van der Waals surface area contributed by atoms with Crippen molar-refractivity contribution in [2.75, 3.05) is 32.8 Å². The second kappa shape index (κ2) is 7.89. The average Bonchev–Trinajstić information content (AvgIpc) is 2.35. The molecule has 1 rings (SSSR count). The highest BCUT2D eigenvalue weighted by Crippen LogP contribution is 2.22. The molecule has 0 aromatic heterocycles. The molecule has 0 saturated heterocycles. The SMILES string of the molecule is Cc1cccc(C)c1OC(=O)CN(CCO)CCO. The molecule has 0 radical (unpaired) electrons. The number of esters is 1. The lowest BCUT2D eigenvalue weighted by atomic mass is 10.1. The van der Waals surface area contributed by atoms with Gasteiger partial charge in [-0.3, -0.25) is 9.69 Å². The summed E-state index contributed by atoms with van der Waals surface area (Å²) in [5.74, 6) is 0.194. The van der Waals surface area contributed by atoms with Crippen LogP contribution in [0.2, 0.25) is 0 Å². The summed E-state index contributed by atoms with van der Waals surface area (Å²) in [6.07, 6.45) is 0. The second-order valence-corrected chi connectivity index (χ2v) is 4.42. The summed E-state index contributed by atoms with van der Waals surface area (Å²) in [6, 6.07) is 5.68. The Hall–Kier alpha value is -1.43. The van der Waals surface area contributed by atoms with Gasteiger partial charge in [0, 0.05) is 13.1 Å². The summed E-state index contributed by atoms with van der Waals surface area (Å²) in [5.41, 5.74) is 1.81. The number of rotatable bonds is 7. The minimum absolute atomic E-state index is 0.0505. The Morgan fingerprint density at radius 1 is 1.16 bits per heavy atom. The normalized spacial score (nSPS) is 10.8. The van der Waals surface area contributed by atoms with Crippen LogP contribution in [0.25, 0.3) is 0 Å². The van der Waals surface area contributed by atoms with Crippen molar-refractivity contribution in [2.45, 2.75) is 13.8 Å². The Morgan fingerprint density at radius 3 is 2.16 bits per heavy atom. The zero-order valence-corrected chi connectivity index (χ0v) is 11.4. The van der Waals surface area contributed by atoms with Crippen molar-refractivity contribution in [3.63, 3.8) is 0 Å². The van der Waals surface area contributed by atoms with Crippen LogP contribution in [-0.4, -0.2) is 53.9 Å². The number of nitrogens with zero attached hydrogens (tertiary/aromatic N) is 1. The van der Waals surface area contributed by atoms with E-state index in [1.165, 1.54) is 0 Å². The van der Waals surface area contributed by atoms with Crippen LogP contribution in [0.3, 0.4) is 0 Å². The third-order valence-corrected chi connectivity index (χ3v) is 2.81. The van der Waals surface area contributed by atoms with Gasteiger partial charge in [0.15, 0.2) is 0 Å². The number of aryl methyl sites for hydroxylation is 2. The molecule has 0 bridgehead atoms. The molecular formula is C14H21NO4. The number of hydrogen-bond donors (Lipinski definition) is 2. The van der Waals surface area contributed by atoms with Crippen molar-refractivity contribution < 1.29 is 19.7 Å². The maximum Gasteiger partial charge on any atom is 0.325 e. The fourth-order valence-corrected chi connectivity index (χ4v) is 1.84. The molecule has 2 N–H and O–H groups in total. The number of carbonyl (C=O) groups is 1. The van der Waals surface area contributed by atoms with Crippen LogP contribution in [0.1, 0.15) is 11.1 Å². The van der Waals surface area contributed by atoms with Gasteiger partial charge >= 0.3 is 5.97 Å². The Kier molecular flexibility index (Phi) is 6.49. The van der Waals surface area contributed by atoms with Crippen molar-refractivity contribution in [3.05, 3.63) is 29.3 Å². The average molecular weight is 267 g/mol. The Bertz CT molecular complexity index is 394. The molecule has 0 saturated carbocycles. The van der Waals surface area contributed by atoms with E-state index in [1.807, 2.05) is 32.0 Å². The van der Waals surface area contributed by atoms with Gasteiger partial charge in [0.25, 0.3) is 0 Å². The van der Waals surface area contributed by atoms with Gasteiger partial charge in [0.2, 0.25) is 0 Å². The van der Waals surface area contributed by atoms with E-state index < -0.39 is 0 Å². The zero-order chi connectivity index (χ0) is 14.3. The molecule has 1 aromatic rings. The maximum absolute atomic E-state index is 11.8. The Morgan fingerprint density at radius 2 is 1.68 bits per heavy atom. The quantitative estimate of drug-likeness (QED) is 0.556. The van der Waals surface area contributed by atoms with E-state index in [-0.39, 0.29) is 25.7 Å². The van der Waals surface area contributed by atoms with E-state index in [0.717, 1.165) is 11.1 Å². The number of ether oxygens (including phenoxy) is 1. The number of para-hydroxylation sites is 1. The molecule has 106 valence electrons. The van der Waals surface area contributed by atoms with Crippen molar-refractivity contribution >= 4 is 5.97 Å². The first-order chi connectivity index (χ1) is 9.08. The van der Waals surface area contributed by atoms with Crippen LogP contribution in [0.15, 0.2) is 18.2 Å². The van der Waals surface area contributed by atoms with E-state index in [1.54, 1.807) is 4.90 Å². The molecule has 0 fully saturated rings. The van der Waals surface area contributed by atoms with Gasteiger partial charge < -0.3 is 14.9 Å². The molecule has 0 heterocycles. The highest BCUT2D eigenvalue weighted by molar-refractivity contribution is 5.75. The number of aliphatic hydroxyl groups is 2. The Balaban J connectivity index is 2.63. The van der Waals surface area contributed by atoms with Crippen molar-refractivity contribution in [1.82, 2.24) is 4.90 Å². The predicted molar refractivity (Wildman–Crippen MR) is 72.2 cm³/mol. The van der Waals surface area contributed by atoms with Gasteiger partial charge in [0.05, 0.1) is 19.8 Å². The first-order valence-electron chi connectivity index (χ1n) is 6.29. The lowest BCUT2D eigenvalue weighted by molar-refractivity contribution is -0.135. The molecule has 0 atom stereocenters. The van der Waals surface area contributed by atoms with Crippen molar-refractivity contribution in [1.29, 1.82) is 0 Å². The lowest BCUT2D eigenvalue weighted by Gasteiger charge is -2.19. The van der Waals surface area contributed by atoms with Gasteiger partial charge in [0.1, 0.15) is 5.75 Å². The van der Waals surface area contributed by atoms with Crippen LogP contribution < -0.4 is 4.74 Å². The molecule has 5 nitrogen and oxygen atoms in total. The summed E-state index contributed by atoms with van der Waals surface area (Å²) < 4.78 is 5.36. The van der Waals surface area contributed by atoms with Crippen LogP contribution in [0.5, 0.6) is 5.75 Å². The minimum atomic E-state index is -0.390. The smallest absolute Gasteiger partial charge is 0.325 e. The van der Waals surface area contributed by atoms with Gasteiger partial charge in [-0.05, 0) is 25.0 Å². The molecule has 19 heavy (non-hydrogen) atoms. The number of aliphatic hydroxyl groups excluding tert-OH is 2. The molecule has 0 aliphatic heterocycles. The summed E-state index contributed by atoms with van der Waals surface area (Å²) in [7, 11) is 0. The van der Waals surface area contributed by atoms with E-state index in [4.69, 9.17) is 14.9 Å². The molecule has 0 amide bonds. The third kappa shape index (κ3) is 4.98. The number of hydrogen-bond acceptors (Lipinski definition) is 5. The van der Waals surface area contributed by atoms with Crippen LogP contribution in [0, 0.1) is 13.8 Å². The monoisotopic (exact) mass is 267 g/mol. The third-order valence-electron chi connectivity index (χ3n) is 2.81. The van der Waals surface area contributed by atoms with Gasteiger partial charge in [-0.1, -0.05) is 18.2 Å². The fourth-order valence-electron chi connectivity index (χ4n) is 1.84. The molecule has 0 spiro atoms. The van der Waals surface area contributed by atoms with Crippen LogP contribution in [0.4, 0.5) is 0 Å². The lowest BCUT2D eigenvalue weighted by Crippen LogP contribution is -2.36. The van der Waals surface area contributed by atoms with Crippen LogP contribution >= 0.6 is 0 Å². The summed E-state index contributed by atoms with van der Waals surface area (Å²) in [6.45, 7) is 4.37. The van der Waals surface area contributed by atoms with Crippen molar-refractivity contribution in [3.8, 4) is 5.75 Å². The van der Waals surface area contributed by atoms with E-state index in [2.05, 4.69) is 0 Å². The van der Waals surface area contributed by atoms with Gasteiger partial charge in [-0.2, -0.15) is 0 Å². The summed E-state index contributed by atoms with van der Waals surface area (Å²) >= 11 is 0. The summed E-state index contributed by atoms with van der Waals surface area (Å²) in [4.78, 5) is 13.5. The summed E-state index contributed by atoms with van der Waals surface area (Å²) in [5, 5.41) is 17.8. The molecule has 0 aliphatic rings. The largest absolute Gasteiger partial charge is 0.425 e. The van der Waals surface area contributed by atoms with Gasteiger partial charge in [-0.15, -0.1) is 0 Å². The predicted octanol–water partition coefficient (Wildman–Crippen LogP) is 0.495. The topological polar surface area (TPSA) is 70.0 Å². The molecule has 0 aliphatic carbocycles. The van der Waals surface area contributed by atoms with E-state index in [0.29, 0.717) is 18.8 Å². The zero-order valence-electron chi connectivity index (χ0n) is 11.4. The van der Waals surface area contributed by atoms with E-state index >= 15 is 0 Å². The first kappa shape index (κ1) is 15.6. The van der Waals surface area contributed by atoms with Crippen LogP contribution in [-0.2, 0) is 4.79 Å². The molecule has 1 aromatic carbocycles. The maximum atomic E-state index is 11.8. The fraction of sp³-hybridized carbons (Fsp3) is 0.500. The van der Waals surface area contributed by atoms with Gasteiger partial charge in [-0.25, -0.2) is 0 Å².